The summed E-state index contributed by atoms with van der Waals surface area (Å²) in [5.74, 6) is -0.847. The molecule has 6 heteroatoms. The third-order valence-corrected chi connectivity index (χ3v) is 3.31. The van der Waals surface area contributed by atoms with Crippen molar-refractivity contribution in [3.05, 3.63) is 45.9 Å². The molecule has 0 bridgehead atoms. The summed E-state index contributed by atoms with van der Waals surface area (Å²) in [6.45, 7) is 2.44. The maximum absolute atomic E-state index is 12.6. The molecule has 0 aliphatic rings. The van der Waals surface area contributed by atoms with Gasteiger partial charge in [0.15, 0.2) is 0 Å². The second-order valence-electron chi connectivity index (χ2n) is 3.76. The Morgan fingerprint density at radius 2 is 2.33 bits per heavy atom. The fourth-order valence-corrected chi connectivity index (χ4v) is 2.19. The first-order valence-corrected chi connectivity index (χ1v) is 6.34. The van der Waals surface area contributed by atoms with Gasteiger partial charge in [0, 0.05) is 30.2 Å². The van der Waals surface area contributed by atoms with Crippen LogP contribution < -0.4 is 5.32 Å². The van der Waals surface area contributed by atoms with Crippen LogP contribution in [0.3, 0.4) is 0 Å². The molecule has 0 aliphatic heterocycles. The summed E-state index contributed by atoms with van der Waals surface area (Å²) in [6.07, 6.45) is 1.91. The average Bonchev–Trinajstić information content (AvgIpc) is 2.76. The highest BCUT2D eigenvalue weighted by molar-refractivity contribution is 7.09. The van der Waals surface area contributed by atoms with E-state index in [1.54, 1.807) is 11.3 Å². The van der Waals surface area contributed by atoms with Gasteiger partial charge in [0.2, 0.25) is 5.95 Å². The molecule has 0 saturated carbocycles. The molecule has 0 atom stereocenters. The number of hydrogen-bond acceptors (Lipinski definition) is 4. The zero-order valence-electron chi connectivity index (χ0n) is 9.81. The Balaban J connectivity index is 1.83. The van der Waals surface area contributed by atoms with Crippen LogP contribution in [0.4, 0.5) is 4.39 Å². The van der Waals surface area contributed by atoms with Crippen molar-refractivity contribution in [2.24, 2.45) is 0 Å². The first kappa shape index (κ1) is 12.6. The Labute approximate surface area is 108 Å². The van der Waals surface area contributed by atoms with Gasteiger partial charge in [-0.05, 0) is 19.1 Å². The lowest BCUT2D eigenvalue weighted by atomic mass is 10.2. The normalized spacial score (nSPS) is 10.3. The molecule has 2 heterocycles. The molecular formula is C12H12FN3OS. The van der Waals surface area contributed by atoms with Gasteiger partial charge in [0.25, 0.3) is 5.91 Å². The monoisotopic (exact) mass is 265 g/mol. The van der Waals surface area contributed by atoms with Crippen molar-refractivity contribution in [3.63, 3.8) is 0 Å². The zero-order chi connectivity index (χ0) is 13.0. The minimum absolute atomic E-state index is 0.254. The van der Waals surface area contributed by atoms with Crippen LogP contribution >= 0.6 is 11.3 Å². The van der Waals surface area contributed by atoms with Crippen LogP contribution in [0, 0.1) is 12.9 Å². The summed E-state index contributed by atoms with van der Waals surface area (Å²) < 4.78 is 12.6. The van der Waals surface area contributed by atoms with E-state index < -0.39 is 5.95 Å². The lowest BCUT2D eigenvalue weighted by Crippen LogP contribution is -2.25. The lowest BCUT2D eigenvalue weighted by Gasteiger charge is -2.03. The summed E-state index contributed by atoms with van der Waals surface area (Å²) in [4.78, 5) is 19.4. The predicted octanol–water partition coefficient (Wildman–Crippen LogP) is 1.96. The molecule has 1 amide bonds. The minimum atomic E-state index is -0.593. The van der Waals surface area contributed by atoms with Crippen LogP contribution in [0.15, 0.2) is 23.7 Å². The fourth-order valence-electron chi connectivity index (χ4n) is 1.41. The summed E-state index contributed by atoms with van der Waals surface area (Å²) in [5, 5.41) is 5.71. The van der Waals surface area contributed by atoms with Crippen LogP contribution in [-0.4, -0.2) is 22.4 Å². The molecule has 2 aromatic rings. The van der Waals surface area contributed by atoms with Crippen molar-refractivity contribution >= 4 is 17.2 Å². The van der Waals surface area contributed by atoms with E-state index in [1.807, 2.05) is 12.3 Å². The maximum Gasteiger partial charge on any atom is 0.252 e. The Bertz CT molecular complexity index is 539. The number of rotatable bonds is 4. The van der Waals surface area contributed by atoms with E-state index in [-0.39, 0.29) is 5.91 Å². The van der Waals surface area contributed by atoms with Gasteiger partial charge >= 0.3 is 0 Å². The Hall–Kier alpha value is -1.82. The predicted molar refractivity (Wildman–Crippen MR) is 67.1 cm³/mol. The molecule has 1 N–H and O–H groups in total. The highest BCUT2D eigenvalue weighted by Gasteiger charge is 2.06. The summed E-state index contributed by atoms with van der Waals surface area (Å²) in [5.41, 5.74) is 1.34. The van der Waals surface area contributed by atoms with Gasteiger partial charge in [-0.3, -0.25) is 4.79 Å². The molecule has 2 aromatic heterocycles. The van der Waals surface area contributed by atoms with Crippen molar-refractivity contribution in [2.75, 3.05) is 6.54 Å². The number of hydrogen-bond donors (Lipinski definition) is 1. The molecule has 2 rings (SSSR count). The largest absolute Gasteiger partial charge is 0.352 e. The summed E-state index contributed by atoms with van der Waals surface area (Å²) in [6, 6.07) is 2.57. The molecule has 0 radical (unpaired) electrons. The van der Waals surface area contributed by atoms with Gasteiger partial charge in [-0.15, -0.1) is 11.3 Å². The number of thiazole rings is 1. The van der Waals surface area contributed by atoms with E-state index in [0.717, 1.165) is 10.7 Å². The van der Waals surface area contributed by atoms with E-state index in [1.165, 1.54) is 18.3 Å². The topological polar surface area (TPSA) is 54.9 Å². The third kappa shape index (κ3) is 3.33. The quantitative estimate of drug-likeness (QED) is 0.860. The molecule has 0 spiro atoms. The van der Waals surface area contributed by atoms with E-state index in [4.69, 9.17) is 0 Å². The molecule has 94 valence electrons. The number of halogens is 1. The standard InChI is InChI=1S/C12H12FN3OS/c1-8-7-18-11(16-8)4-5-14-12(17)9-2-3-10(13)15-6-9/h2-3,6-7H,4-5H2,1H3,(H,14,17). The number of amides is 1. The number of aromatic nitrogens is 2. The van der Waals surface area contributed by atoms with Crippen molar-refractivity contribution in [1.82, 2.24) is 15.3 Å². The first-order valence-electron chi connectivity index (χ1n) is 5.46. The molecule has 0 saturated heterocycles. The second kappa shape index (κ2) is 5.68. The highest BCUT2D eigenvalue weighted by Crippen LogP contribution is 2.08. The molecule has 0 aromatic carbocycles. The minimum Gasteiger partial charge on any atom is -0.352 e. The van der Waals surface area contributed by atoms with Crippen molar-refractivity contribution < 1.29 is 9.18 Å². The molecule has 0 fully saturated rings. The van der Waals surface area contributed by atoms with Crippen molar-refractivity contribution in [1.29, 1.82) is 0 Å². The average molecular weight is 265 g/mol. The zero-order valence-corrected chi connectivity index (χ0v) is 10.6. The van der Waals surface area contributed by atoms with Gasteiger partial charge in [-0.2, -0.15) is 4.39 Å². The number of pyridine rings is 1. The Morgan fingerprint density at radius 1 is 1.50 bits per heavy atom. The van der Waals surface area contributed by atoms with Crippen LogP contribution in [0.25, 0.3) is 0 Å². The van der Waals surface area contributed by atoms with Gasteiger partial charge in [-0.1, -0.05) is 0 Å². The Kier molecular flexibility index (Phi) is 3.99. The second-order valence-corrected chi connectivity index (χ2v) is 4.70. The molecular weight excluding hydrogens is 253 g/mol. The third-order valence-electron chi connectivity index (χ3n) is 2.28. The smallest absolute Gasteiger partial charge is 0.252 e. The van der Waals surface area contributed by atoms with Gasteiger partial charge in [0.1, 0.15) is 0 Å². The van der Waals surface area contributed by atoms with Crippen molar-refractivity contribution in [2.45, 2.75) is 13.3 Å². The SMILES string of the molecule is Cc1csc(CCNC(=O)c2ccc(F)nc2)n1. The fraction of sp³-hybridized carbons (Fsp3) is 0.250. The molecule has 4 nitrogen and oxygen atoms in total. The van der Waals surface area contributed by atoms with Crippen LogP contribution in [0.1, 0.15) is 21.1 Å². The molecule has 0 aliphatic carbocycles. The van der Waals surface area contributed by atoms with Crippen LogP contribution in [0.5, 0.6) is 0 Å². The Morgan fingerprint density at radius 3 is 2.94 bits per heavy atom. The maximum atomic E-state index is 12.6. The van der Waals surface area contributed by atoms with E-state index in [2.05, 4.69) is 15.3 Å². The number of aryl methyl sites for hydroxylation is 1. The molecule has 0 unspecified atom stereocenters. The number of nitrogens with one attached hydrogen (secondary N) is 1. The number of carbonyl (C=O) groups is 1. The van der Waals surface area contributed by atoms with Gasteiger partial charge < -0.3 is 5.32 Å². The van der Waals surface area contributed by atoms with E-state index >= 15 is 0 Å². The number of nitrogens with zero attached hydrogens (tertiary/aromatic N) is 2. The summed E-state index contributed by atoms with van der Waals surface area (Å²) in [7, 11) is 0. The van der Waals surface area contributed by atoms with Crippen molar-refractivity contribution in [3.8, 4) is 0 Å². The van der Waals surface area contributed by atoms with Gasteiger partial charge in [-0.25, -0.2) is 9.97 Å². The number of carbonyl (C=O) groups excluding carboxylic acids is 1. The van der Waals surface area contributed by atoms with E-state index in [0.29, 0.717) is 18.5 Å². The first-order chi connectivity index (χ1) is 8.65. The van der Waals surface area contributed by atoms with Crippen LogP contribution in [0.2, 0.25) is 0 Å². The molecule has 18 heavy (non-hydrogen) atoms. The van der Waals surface area contributed by atoms with Crippen LogP contribution in [-0.2, 0) is 6.42 Å². The highest BCUT2D eigenvalue weighted by atomic mass is 32.1. The van der Waals surface area contributed by atoms with E-state index in [9.17, 15) is 9.18 Å². The summed E-state index contributed by atoms with van der Waals surface area (Å²) >= 11 is 1.57. The van der Waals surface area contributed by atoms with Gasteiger partial charge in [0.05, 0.1) is 10.6 Å². The lowest BCUT2D eigenvalue weighted by molar-refractivity contribution is 0.0953.